The van der Waals surface area contributed by atoms with Crippen molar-refractivity contribution in [2.75, 3.05) is 13.7 Å². The van der Waals surface area contributed by atoms with Crippen molar-refractivity contribution in [2.24, 2.45) is 5.92 Å². The molecule has 0 spiro atoms. The summed E-state index contributed by atoms with van der Waals surface area (Å²) in [6.07, 6.45) is 0. The van der Waals surface area contributed by atoms with E-state index in [9.17, 15) is 9.59 Å². The van der Waals surface area contributed by atoms with Gasteiger partial charge in [-0.25, -0.2) is 0 Å². The number of esters is 1. The molecular formula is C25H24Cl2O4S. The van der Waals surface area contributed by atoms with Crippen molar-refractivity contribution in [1.29, 1.82) is 0 Å². The number of benzene rings is 2. The highest BCUT2D eigenvalue weighted by molar-refractivity contribution is 7.17. The van der Waals surface area contributed by atoms with Gasteiger partial charge < -0.3 is 9.47 Å². The quantitative estimate of drug-likeness (QED) is 0.246. The fraction of sp³-hybridized carbons (Fsp3) is 0.280. The van der Waals surface area contributed by atoms with Crippen molar-refractivity contribution < 1.29 is 19.1 Å². The zero-order valence-electron chi connectivity index (χ0n) is 18.3. The monoisotopic (exact) mass is 490 g/mol. The number of carbonyl (C=O) groups excluding carboxylic acids is 2. The van der Waals surface area contributed by atoms with Crippen LogP contribution in [0.25, 0.3) is 10.4 Å². The molecule has 7 heteroatoms. The van der Waals surface area contributed by atoms with Gasteiger partial charge in [0.1, 0.15) is 5.75 Å². The van der Waals surface area contributed by atoms with Crippen LogP contribution in [0.4, 0.5) is 0 Å². The zero-order chi connectivity index (χ0) is 23.4. The van der Waals surface area contributed by atoms with E-state index in [-0.39, 0.29) is 24.3 Å². The second-order valence-corrected chi connectivity index (χ2v) is 9.42. The van der Waals surface area contributed by atoms with E-state index in [0.717, 1.165) is 16.0 Å². The third-order valence-electron chi connectivity index (χ3n) is 5.06. The lowest BCUT2D eigenvalue weighted by Crippen LogP contribution is -2.21. The molecule has 0 radical (unpaired) electrons. The first-order valence-electron chi connectivity index (χ1n) is 10.2. The van der Waals surface area contributed by atoms with E-state index in [1.165, 1.54) is 11.3 Å². The van der Waals surface area contributed by atoms with Gasteiger partial charge in [0.2, 0.25) is 5.78 Å². The van der Waals surface area contributed by atoms with Gasteiger partial charge in [0.15, 0.2) is 0 Å². The minimum Gasteiger partial charge on any atom is -0.497 e. The molecule has 2 aromatic carbocycles. The summed E-state index contributed by atoms with van der Waals surface area (Å²) < 4.78 is 10.5. The maximum absolute atomic E-state index is 13.3. The lowest BCUT2D eigenvalue weighted by Gasteiger charge is -2.20. The molecule has 3 aromatic rings. The molecule has 0 aliphatic rings. The first kappa shape index (κ1) is 24.3. The molecular weight excluding hydrogens is 467 g/mol. The molecule has 0 fully saturated rings. The van der Waals surface area contributed by atoms with E-state index in [4.69, 9.17) is 32.7 Å². The number of rotatable bonds is 8. The molecule has 1 heterocycles. The molecule has 0 aliphatic heterocycles. The van der Waals surface area contributed by atoms with Gasteiger partial charge in [0, 0.05) is 10.4 Å². The highest BCUT2D eigenvalue weighted by Crippen LogP contribution is 2.42. The van der Waals surface area contributed by atoms with Crippen molar-refractivity contribution in [1.82, 2.24) is 0 Å². The summed E-state index contributed by atoms with van der Waals surface area (Å²) in [5, 5.41) is 0.845. The highest BCUT2D eigenvalue weighted by Gasteiger charge is 2.31. The Balaban J connectivity index is 2.14. The molecule has 1 unspecified atom stereocenters. The number of halogens is 2. The second kappa shape index (κ2) is 10.5. The van der Waals surface area contributed by atoms with Crippen LogP contribution in [0.15, 0.2) is 48.5 Å². The minimum absolute atomic E-state index is 0.0332. The Morgan fingerprint density at radius 2 is 1.69 bits per heavy atom. The largest absolute Gasteiger partial charge is 0.497 e. The van der Waals surface area contributed by atoms with Crippen LogP contribution in [0.3, 0.4) is 0 Å². The van der Waals surface area contributed by atoms with Gasteiger partial charge in [0.25, 0.3) is 0 Å². The minimum atomic E-state index is -0.520. The molecule has 0 amide bonds. The third-order valence-corrected chi connectivity index (χ3v) is 7.00. The van der Waals surface area contributed by atoms with Gasteiger partial charge in [-0.3, -0.25) is 9.59 Å². The van der Waals surface area contributed by atoms with Crippen LogP contribution in [0.2, 0.25) is 10.0 Å². The number of ether oxygens (including phenoxy) is 2. The summed E-state index contributed by atoms with van der Waals surface area (Å²) in [7, 11) is 1.58. The molecule has 0 saturated heterocycles. The van der Waals surface area contributed by atoms with Gasteiger partial charge in [-0.2, -0.15) is 0 Å². The molecule has 3 rings (SSSR count). The van der Waals surface area contributed by atoms with Gasteiger partial charge >= 0.3 is 5.97 Å². The summed E-state index contributed by atoms with van der Waals surface area (Å²) in [6.45, 7) is 5.99. The lowest BCUT2D eigenvalue weighted by molar-refractivity contribution is -0.146. The predicted octanol–water partition coefficient (Wildman–Crippen LogP) is 7.26. The summed E-state index contributed by atoms with van der Waals surface area (Å²) >= 11 is 13.7. The molecule has 32 heavy (non-hydrogen) atoms. The highest BCUT2D eigenvalue weighted by atomic mass is 35.5. The maximum Gasteiger partial charge on any atom is 0.313 e. The summed E-state index contributed by atoms with van der Waals surface area (Å²) in [5.74, 6) is -0.323. The summed E-state index contributed by atoms with van der Waals surface area (Å²) in [4.78, 5) is 27.4. The van der Waals surface area contributed by atoms with E-state index in [2.05, 4.69) is 0 Å². The van der Waals surface area contributed by atoms with Gasteiger partial charge in [-0.05, 0) is 66.4 Å². The van der Waals surface area contributed by atoms with Crippen molar-refractivity contribution in [2.45, 2.75) is 26.7 Å². The smallest absolute Gasteiger partial charge is 0.313 e. The van der Waals surface area contributed by atoms with Gasteiger partial charge in [0.05, 0.1) is 34.6 Å². The molecule has 4 nitrogen and oxygen atoms in total. The van der Waals surface area contributed by atoms with Crippen LogP contribution in [0.1, 0.15) is 47.5 Å². The zero-order valence-corrected chi connectivity index (χ0v) is 20.6. The maximum atomic E-state index is 13.3. The number of hydrogen-bond donors (Lipinski definition) is 0. The molecule has 0 saturated carbocycles. The Morgan fingerprint density at radius 3 is 2.25 bits per heavy atom. The van der Waals surface area contributed by atoms with Crippen LogP contribution in [-0.4, -0.2) is 25.5 Å². The normalized spacial score (nSPS) is 12.0. The van der Waals surface area contributed by atoms with E-state index >= 15 is 0 Å². The van der Waals surface area contributed by atoms with Crippen LogP contribution in [0, 0.1) is 5.92 Å². The van der Waals surface area contributed by atoms with Gasteiger partial charge in [-0.15, -0.1) is 11.3 Å². The number of methoxy groups -OCH3 is 1. The van der Waals surface area contributed by atoms with Crippen molar-refractivity contribution in [3.8, 4) is 16.2 Å². The van der Waals surface area contributed by atoms with Crippen LogP contribution in [-0.2, 0) is 9.53 Å². The van der Waals surface area contributed by atoms with Crippen molar-refractivity contribution >= 4 is 46.3 Å². The first-order chi connectivity index (χ1) is 15.3. The van der Waals surface area contributed by atoms with Crippen LogP contribution >= 0.6 is 34.5 Å². The topological polar surface area (TPSA) is 52.6 Å². The molecule has 1 aromatic heterocycles. The predicted molar refractivity (Wildman–Crippen MR) is 130 cm³/mol. The van der Waals surface area contributed by atoms with E-state index in [1.54, 1.807) is 56.5 Å². The Labute approximate surface area is 202 Å². The van der Waals surface area contributed by atoms with Crippen molar-refractivity contribution in [3.05, 3.63) is 74.6 Å². The summed E-state index contributed by atoms with van der Waals surface area (Å²) in [5.41, 5.74) is 2.08. The van der Waals surface area contributed by atoms with Crippen LogP contribution < -0.4 is 4.74 Å². The second-order valence-electron chi connectivity index (χ2n) is 7.56. The fourth-order valence-corrected chi connectivity index (χ4v) is 4.95. The van der Waals surface area contributed by atoms with Crippen LogP contribution in [0.5, 0.6) is 5.75 Å². The molecule has 0 bridgehead atoms. The lowest BCUT2D eigenvalue weighted by atomic mass is 9.87. The Bertz CT molecular complexity index is 1120. The van der Waals surface area contributed by atoms with Gasteiger partial charge in [-0.1, -0.05) is 43.1 Å². The molecule has 168 valence electrons. The number of ketones is 1. The standard InChI is InChI=1S/C25H24Cl2O4S/c1-5-31-25(29)22(14(2)3)18-13-21(23(28)15-6-9-17(30-4)10-7-15)32-24(18)16-8-11-19(26)20(27)12-16/h6-14,22H,5H2,1-4H3. The average molecular weight is 491 g/mol. The fourth-order valence-electron chi connectivity index (χ4n) is 3.49. The number of carbonyl (C=O) groups is 2. The van der Waals surface area contributed by atoms with E-state index in [1.807, 2.05) is 19.9 Å². The van der Waals surface area contributed by atoms with E-state index < -0.39 is 5.92 Å². The third kappa shape index (κ3) is 5.17. The SMILES string of the molecule is CCOC(=O)C(c1cc(C(=O)c2ccc(OC)cc2)sc1-c1ccc(Cl)c(Cl)c1)C(C)C. The summed E-state index contributed by atoms with van der Waals surface area (Å²) in [6, 6.07) is 14.1. The molecule has 0 N–H and O–H groups in total. The first-order valence-corrected chi connectivity index (χ1v) is 11.8. The average Bonchev–Trinajstić information content (AvgIpc) is 3.20. The van der Waals surface area contributed by atoms with E-state index in [0.29, 0.717) is 26.2 Å². The Morgan fingerprint density at radius 1 is 1.00 bits per heavy atom. The molecule has 0 aliphatic carbocycles. The Hall–Kier alpha value is -2.34. The number of thiophene rings is 1. The Kier molecular flexibility index (Phi) is 7.99. The van der Waals surface area contributed by atoms with Crippen molar-refractivity contribution in [3.63, 3.8) is 0 Å². The number of hydrogen-bond acceptors (Lipinski definition) is 5. The molecule has 1 atom stereocenters.